The molecule has 0 bridgehead atoms. The highest BCUT2D eigenvalue weighted by Gasteiger charge is 2.36. The monoisotopic (exact) mass is 151 g/mol. The number of allylic oxidation sites excluding steroid dienone is 2. The molecular formula is C9H13NO. The molecule has 0 spiro atoms. The molecule has 2 unspecified atom stereocenters. The third-order valence-corrected chi connectivity index (χ3v) is 2.97. The van der Waals surface area contributed by atoms with Gasteiger partial charge in [-0.3, -0.25) is 0 Å². The number of oxime groups is 1. The second-order valence-corrected chi connectivity index (χ2v) is 3.56. The summed E-state index contributed by atoms with van der Waals surface area (Å²) in [6.07, 6.45) is 5.82. The lowest BCUT2D eigenvalue weighted by atomic mass is 9.95. The Labute approximate surface area is 66.6 Å². The molecule has 1 saturated carbocycles. The van der Waals surface area contributed by atoms with Crippen molar-refractivity contribution in [3.8, 4) is 0 Å². The van der Waals surface area contributed by atoms with E-state index in [1.165, 1.54) is 24.8 Å². The second-order valence-electron chi connectivity index (χ2n) is 3.56. The lowest BCUT2D eigenvalue weighted by Crippen LogP contribution is -2.09. The van der Waals surface area contributed by atoms with Gasteiger partial charge in [-0.1, -0.05) is 17.1 Å². The van der Waals surface area contributed by atoms with E-state index in [-0.39, 0.29) is 0 Å². The van der Waals surface area contributed by atoms with Crippen LogP contribution in [0.2, 0.25) is 0 Å². The van der Waals surface area contributed by atoms with Crippen molar-refractivity contribution in [1.29, 1.82) is 0 Å². The van der Waals surface area contributed by atoms with Crippen molar-refractivity contribution in [2.45, 2.75) is 26.2 Å². The van der Waals surface area contributed by atoms with Gasteiger partial charge >= 0.3 is 0 Å². The van der Waals surface area contributed by atoms with E-state index in [2.05, 4.69) is 12.1 Å². The largest absolute Gasteiger partial charge is 0.411 e. The zero-order valence-corrected chi connectivity index (χ0v) is 6.75. The molecule has 2 nitrogen and oxygen atoms in total. The average molecular weight is 151 g/mol. The number of hydrogen-bond acceptors (Lipinski definition) is 2. The molecule has 0 aliphatic heterocycles. The van der Waals surface area contributed by atoms with Gasteiger partial charge in [-0.25, -0.2) is 0 Å². The average Bonchev–Trinajstić information content (AvgIpc) is 2.54. The SMILES string of the molecule is CC1=C/C(=N\O)C2CCCC12. The standard InChI is InChI=1S/C9H13NO/c1-6-5-9(10-11)8-4-2-3-7(6)8/h5,7-8,11H,2-4H2,1H3/b10-9+. The van der Waals surface area contributed by atoms with Crippen LogP contribution in [0.5, 0.6) is 0 Å². The minimum atomic E-state index is 0.542. The quantitative estimate of drug-likeness (QED) is 0.417. The molecule has 0 heterocycles. The maximum Gasteiger partial charge on any atom is 0.0832 e. The third kappa shape index (κ3) is 0.889. The van der Waals surface area contributed by atoms with E-state index in [0.717, 1.165) is 5.71 Å². The molecule has 0 amide bonds. The van der Waals surface area contributed by atoms with E-state index in [0.29, 0.717) is 11.8 Å². The molecule has 2 aliphatic carbocycles. The molecule has 2 atom stereocenters. The van der Waals surface area contributed by atoms with Gasteiger partial charge in [-0.2, -0.15) is 0 Å². The Balaban J connectivity index is 2.30. The summed E-state index contributed by atoms with van der Waals surface area (Å²) in [5.41, 5.74) is 2.31. The number of hydrogen-bond donors (Lipinski definition) is 1. The summed E-state index contributed by atoms with van der Waals surface area (Å²) in [6.45, 7) is 2.14. The van der Waals surface area contributed by atoms with Crippen LogP contribution in [0.15, 0.2) is 16.8 Å². The maximum atomic E-state index is 8.67. The lowest BCUT2D eigenvalue weighted by molar-refractivity contribution is 0.315. The Bertz CT molecular complexity index is 230. The molecule has 0 aromatic heterocycles. The van der Waals surface area contributed by atoms with Crippen LogP contribution in [0, 0.1) is 11.8 Å². The van der Waals surface area contributed by atoms with E-state index in [1.807, 2.05) is 6.08 Å². The first-order chi connectivity index (χ1) is 5.33. The van der Waals surface area contributed by atoms with E-state index in [4.69, 9.17) is 5.21 Å². The van der Waals surface area contributed by atoms with Crippen LogP contribution in [0.4, 0.5) is 0 Å². The van der Waals surface area contributed by atoms with Gasteiger partial charge in [0.1, 0.15) is 0 Å². The first-order valence-corrected chi connectivity index (χ1v) is 4.23. The van der Waals surface area contributed by atoms with Gasteiger partial charge in [0.25, 0.3) is 0 Å². The van der Waals surface area contributed by atoms with Crippen molar-refractivity contribution in [3.63, 3.8) is 0 Å². The zero-order chi connectivity index (χ0) is 7.84. The first kappa shape index (κ1) is 6.89. The smallest absolute Gasteiger partial charge is 0.0832 e. The molecule has 1 fully saturated rings. The summed E-state index contributed by atoms with van der Waals surface area (Å²) in [5, 5.41) is 12.0. The summed E-state index contributed by atoms with van der Waals surface area (Å²) in [6, 6.07) is 0. The van der Waals surface area contributed by atoms with Crippen LogP contribution in [0.1, 0.15) is 26.2 Å². The molecule has 11 heavy (non-hydrogen) atoms. The number of fused-ring (bicyclic) bond motifs is 1. The van der Waals surface area contributed by atoms with Crippen LogP contribution in [0.25, 0.3) is 0 Å². The van der Waals surface area contributed by atoms with Gasteiger partial charge < -0.3 is 5.21 Å². The van der Waals surface area contributed by atoms with Crippen molar-refractivity contribution in [3.05, 3.63) is 11.6 Å². The fourth-order valence-electron chi connectivity index (χ4n) is 2.41. The Morgan fingerprint density at radius 2 is 2.18 bits per heavy atom. The predicted octanol–water partition coefficient (Wildman–Crippen LogP) is 2.19. The van der Waals surface area contributed by atoms with Crippen LogP contribution in [0.3, 0.4) is 0 Å². The summed E-state index contributed by atoms with van der Waals surface area (Å²) in [5.74, 6) is 1.24. The van der Waals surface area contributed by atoms with Crippen molar-refractivity contribution in [2.24, 2.45) is 17.0 Å². The molecule has 2 heteroatoms. The van der Waals surface area contributed by atoms with Crippen molar-refractivity contribution >= 4 is 5.71 Å². The van der Waals surface area contributed by atoms with E-state index >= 15 is 0 Å². The van der Waals surface area contributed by atoms with E-state index < -0.39 is 0 Å². The van der Waals surface area contributed by atoms with Gasteiger partial charge in [0.05, 0.1) is 5.71 Å². The summed E-state index contributed by atoms with van der Waals surface area (Å²) in [4.78, 5) is 0. The maximum absolute atomic E-state index is 8.67. The minimum Gasteiger partial charge on any atom is -0.411 e. The molecule has 1 N–H and O–H groups in total. The minimum absolute atomic E-state index is 0.542. The van der Waals surface area contributed by atoms with Gasteiger partial charge in [0.2, 0.25) is 0 Å². The van der Waals surface area contributed by atoms with Gasteiger partial charge in [-0.15, -0.1) is 0 Å². The Kier molecular flexibility index (Phi) is 1.48. The molecule has 0 radical (unpaired) electrons. The van der Waals surface area contributed by atoms with Gasteiger partial charge in [0.15, 0.2) is 0 Å². The zero-order valence-electron chi connectivity index (χ0n) is 6.75. The van der Waals surface area contributed by atoms with Crippen LogP contribution in [-0.2, 0) is 0 Å². The highest BCUT2D eigenvalue weighted by atomic mass is 16.4. The molecule has 2 rings (SSSR count). The predicted molar refractivity (Wildman–Crippen MR) is 43.8 cm³/mol. The second kappa shape index (κ2) is 2.36. The number of nitrogens with zero attached hydrogens (tertiary/aromatic N) is 1. The molecule has 0 saturated heterocycles. The molecular weight excluding hydrogens is 138 g/mol. The lowest BCUT2D eigenvalue weighted by Gasteiger charge is -2.09. The van der Waals surface area contributed by atoms with E-state index in [1.54, 1.807) is 0 Å². The van der Waals surface area contributed by atoms with Crippen LogP contribution < -0.4 is 0 Å². The highest BCUT2D eigenvalue weighted by Crippen LogP contribution is 2.42. The Hall–Kier alpha value is -0.790. The fourth-order valence-corrected chi connectivity index (χ4v) is 2.41. The van der Waals surface area contributed by atoms with Gasteiger partial charge in [0, 0.05) is 5.92 Å². The van der Waals surface area contributed by atoms with Crippen molar-refractivity contribution < 1.29 is 5.21 Å². The van der Waals surface area contributed by atoms with Gasteiger partial charge in [-0.05, 0) is 31.8 Å². The summed E-state index contributed by atoms with van der Waals surface area (Å²) in [7, 11) is 0. The Morgan fingerprint density at radius 3 is 2.91 bits per heavy atom. The Morgan fingerprint density at radius 1 is 1.45 bits per heavy atom. The van der Waals surface area contributed by atoms with Crippen LogP contribution >= 0.6 is 0 Å². The summed E-state index contributed by atoms with van der Waals surface area (Å²) >= 11 is 0. The molecule has 2 aliphatic rings. The normalized spacial score (nSPS) is 39.4. The molecule has 0 aromatic rings. The highest BCUT2D eigenvalue weighted by molar-refractivity contribution is 6.00. The summed E-state index contributed by atoms with van der Waals surface area (Å²) < 4.78 is 0. The van der Waals surface area contributed by atoms with Crippen LogP contribution in [-0.4, -0.2) is 10.9 Å². The van der Waals surface area contributed by atoms with Crippen molar-refractivity contribution in [2.75, 3.05) is 0 Å². The topological polar surface area (TPSA) is 32.6 Å². The number of rotatable bonds is 0. The molecule has 60 valence electrons. The van der Waals surface area contributed by atoms with E-state index in [9.17, 15) is 0 Å². The first-order valence-electron chi connectivity index (χ1n) is 4.23. The fraction of sp³-hybridized carbons (Fsp3) is 0.667. The molecule has 0 aromatic carbocycles. The third-order valence-electron chi connectivity index (χ3n) is 2.97. The van der Waals surface area contributed by atoms with Crippen molar-refractivity contribution in [1.82, 2.24) is 0 Å².